The van der Waals surface area contributed by atoms with Gasteiger partial charge in [-0.3, -0.25) is 0 Å². The van der Waals surface area contributed by atoms with Crippen molar-refractivity contribution in [3.8, 4) is 0 Å². The number of benzene rings is 1. The molecule has 0 aliphatic heterocycles. The van der Waals surface area contributed by atoms with Crippen molar-refractivity contribution in [3.63, 3.8) is 0 Å². The van der Waals surface area contributed by atoms with Gasteiger partial charge in [0.05, 0.1) is 6.04 Å². The molecule has 1 saturated carbocycles. The number of hydrogen-bond acceptors (Lipinski definition) is 3. The Kier molecular flexibility index (Phi) is 3.81. The van der Waals surface area contributed by atoms with E-state index in [4.69, 9.17) is 23.2 Å². The minimum atomic E-state index is 0.0393. The van der Waals surface area contributed by atoms with E-state index >= 15 is 0 Å². The van der Waals surface area contributed by atoms with Crippen LogP contribution in [0, 0.1) is 6.92 Å². The highest BCUT2D eigenvalue weighted by molar-refractivity contribution is 7.09. The third kappa shape index (κ3) is 3.11. The zero-order valence-corrected chi connectivity index (χ0v) is 12.8. The first kappa shape index (κ1) is 13.4. The fourth-order valence-corrected chi connectivity index (χ4v) is 3.30. The van der Waals surface area contributed by atoms with Gasteiger partial charge in [0.1, 0.15) is 5.01 Å². The van der Waals surface area contributed by atoms with Crippen LogP contribution in [0.2, 0.25) is 10.0 Å². The number of hydrogen-bond donors (Lipinski definition) is 1. The van der Waals surface area contributed by atoms with Crippen molar-refractivity contribution in [1.29, 1.82) is 0 Å². The Bertz CT molecular complexity index is 593. The highest BCUT2D eigenvalue weighted by atomic mass is 35.5. The van der Waals surface area contributed by atoms with Crippen molar-refractivity contribution >= 4 is 34.5 Å². The summed E-state index contributed by atoms with van der Waals surface area (Å²) in [6.07, 6.45) is 2.44. The molecule has 2 aromatic rings. The minimum Gasteiger partial charge on any atom is -0.301 e. The average Bonchev–Trinajstić information content (AvgIpc) is 3.10. The van der Waals surface area contributed by atoms with Gasteiger partial charge in [0, 0.05) is 27.2 Å². The van der Waals surface area contributed by atoms with Gasteiger partial charge in [-0.1, -0.05) is 23.2 Å². The maximum Gasteiger partial charge on any atom is 0.114 e. The van der Waals surface area contributed by atoms with Crippen molar-refractivity contribution in [2.45, 2.75) is 31.8 Å². The maximum absolute atomic E-state index is 6.33. The molecule has 1 N–H and O–H groups in total. The van der Waals surface area contributed by atoms with Crippen LogP contribution in [0.5, 0.6) is 0 Å². The third-order valence-corrected chi connectivity index (χ3v) is 4.74. The van der Waals surface area contributed by atoms with Gasteiger partial charge in [0.25, 0.3) is 0 Å². The number of aryl methyl sites for hydroxylation is 1. The van der Waals surface area contributed by atoms with Gasteiger partial charge in [-0.2, -0.15) is 0 Å². The van der Waals surface area contributed by atoms with Crippen molar-refractivity contribution in [2.75, 3.05) is 0 Å². The molecule has 0 bridgehead atoms. The molecule has 1 aromatic heterocycles. The predicted molar refractivity (Wildman–Crippen MR) is 81.3 cm³/mol. The second-order valence-electron chi connectivity index (χ2n) is 4.87. The number of nitrogens with one attached hydrogen (secondary N) is 1. The second kappa shape index (κ2) is 5.41. The Labute approximate surface area is 126 Å². The standard InChI is InChI=1S/C14H14Cl2N2S/c1-8-7-19-14(17-8)13(18-10-3-4-10)11-6-9(15)2-5-12(11)16/h2,5-7,10,13,18H,3-4H2,1H3. The normalized spacial score (nSPS) is 16.6. The molecule has 1 aromatic carbocycles. The molecular weight excluding hydrogens is 299 g/mol. The number of rotatable bonds is 4. The van der Waals surface area contributed by atoms with Crippen LogP contribution in [-0.2, 0) is 0 Å². The van der Waals surface area contributed by atoms with Crippen LogP contribution in [0.1, 0.15) is 35.1 Å². The van der Waals surface area contributed by atoms with Crippen LogP contribution in [0.4, 0.5) is 0 Å². The third-order valence-electron chi connectivity index (χ3n) is 3.13. The molecule has 0 saturated heterocycles. The first-order chi connectivity index (χ1) is 9.13. The molecule has 1 fully saturated rings. The van der Waals surface area contributed by atoms with Crippen molar-refractivity contribution in [3.05, 3.63) is 49.9 Å². The van der Waals surface area contributed by atoms with Gasteiger partial charge in [0.15, 0.2) is 0 Å². The molecule has 100 valence electrons. The molecule has 3 rings (SSSR count). The summed E-state index contributed by atoms with van der Waals surface area (Å²) in [5.74, 6) is 0. The van der Waals surface area contributed by atoms with Crippen molar-refractivity contribution < 1.29 is 0 Å². The van der Waals surface area contributed by atoms with E-state index in [1.54, 1.807) is 11.3 Å². The quantitative estimate of drug-likeness (QED) is 0.892. The van der Waals surface area contributed by atoms with Gasteiger partial charge in [0.2, 0.25) is 0 Å². The highest BCUT2D eigenvalue weighted by Crippen LogP contribution is 2.35. The van der Waals surface area contributed by atoms with Gasteiger partial charge in [-0.25, -0.2) is 4.98 Å². The zero-order valence-electron chi connectivity index (χ0n) is 10.5. The van der Waals surface area contributed by atoms with Crippen LogP contribution in [-0.4, -0.2) is 11.0 Å². The van der Waals surface area contributed by atoms with E-state index in [0.29, 0.717) is 11.1 Å². The Morgan fingerprint density at radius 1 is 1.37 bits per heavy atom. The average molecular weight is 313 g/mol. The van der Waals surface area contributed by atoms with Crippen LogP contribution in [0.3, 0.4) is 0 Å². The molecule has 1 atom stereocenters. The predicted octanol–water partition coefficient (Wildman–Crippen LogP) is 4.60. The summed E-state index contributed by atoms with van der Waals surface area (Å²) in [6, 6.07) is 6.21. The van der Waals surface area contributed by atoms with E-state index in [1.165, 1.54) is 12.8 Å². The van der Waals surface area contributed by atoms with E-state index in [2.05, 4.69) is 15.7 Å². The molecule has 1 aliphatic rings. The Hall–Kier alpha value is -0.610. The van der Waals surface area contributed by atoms with Gasteiger partial charge in [-0.15, -0.1) is 11.3 Å². The van der Waals surface area contributed by atoms with Crippen molar-refractivity contribution in [1.82, 2.24) is 10.3 Å². The smallest absolute Gasteiger partial charge is 0.114 e. The Morgan fingerprint density at radius 2 is 2.16 bits per heavy atom. The number of halogens is 2. The van der Waals surface area contributed by atoms with E-state index in [9.17, 15) is 0 Å². The summed E-state index contributed by atoms with van der Waals surface area (Å²) in [5, 5.41) is 8.16. The lowest BCUT2D eigenvalue weighted by Crippen LogP contribution is -2.24. The van der Waals surface area contributed by atoms with Gasteiger partial charge >= 0.3 is 0 Å². The molecule has 0 spiro atoms. The number of thiazole rings is 1. The summed E-state index contributed by atoms with van der Waals surface area (Å²) >= 11 is 14.1. The Morgan fingerprint density at radius 3 is 2.79 bits per heavy atom. The second-order valence-corrected chi connectivity index (χ2v) is 6.60. The zero-order chi connectivity index (χ0) is 13.4. The number of nitrogens with zero attached hydrogens (tertiary/aromatic N) is 1. The topological polar surface area (TPSA) is 24.9 Å². The number of aromatic nitrogens is 1. The molecule has 0 amide bonds. The van der Waals surface area contributed by atoms with Crippen LogP contribution >= 0.6 is 34.5 Å². The maximum atomic E-state index is 6.33. The minimum absolute atomic E-state index is 0.0393. The molecule has 1 heterocycles. The van der Waals surface area contributed by atoms with Gasteiger partial charge < -0.3 is 5.32 Å². The largest absolute Gasteiger partial charge is 0.301 e. The van der Waals surface area contributed by atoms with E-state index < -0.39 is 0 Å². The molecule has 0 radical (unpaired) electrons. The lowest BCUT2D eigenvalue weighted by Gasteiger charge is -2.18. The molecule has 19 heavy (non-hydrogen) atoms. The van der Waals surface area contributed by atoms with Crippen LogP contribution < -0.4 is 5.32 Å². The molecule has 1 unspecified atom stereocenters. The highest BCUT2D eigenvalue weighted by Gasteiger charge is 2.29. The summed E-state index contributed by atoms with van der Waals surface area (Å²) in [4.78, 5) is 4.59. The monoisotopic (exact) mass is 312 g/mol. The summed E-state index contributed by atoms with van der Waals surface area (Å²) in [5.41, 5.74) is 2.05. The fraction of sp³-hybridized carbons (Fsp3) is 0.357. The molecule has 5 heteroatoms. The molecule has 1 aliphatic carbocycles. The summed E-state index contributed by atoms with van der Waals surface area (Å²) in [7, 11) is 0. The molecular formula is C14H14Cl2N2S. The lowest BCUT2D eigenvalue weighted by molar-refractivity contribution is 0.597. The SMILES string of the molecule is Cc1csc(C(NC2CC2)c2cc(Cl)ccc2Cl)n1. The van der Waals surface area contributed by atoms with Crippen molar-refractivity contribution in [2.24, 2.45) is 0 Å². The Balaban J connectivity index is 2.00. The fourth-order valence-electron chi connectivity index (χ4n) is 2.02. The lowest BCUT2D eigenvalue weighted by atomic mass is 10.1. The van der Waals surface area contributed by atoms with Gasteiger partial charge in [-0.05, 0) is 43.5 Å². The summed E-state index contributed by atoms with van der Waals surface area (Å²) in [6.45, 7) is 2.01. The van der Waals surface area contributed by atoms with E-state index in [1.807, 2.05) is 25.1 Å². The molecule has 2 nitrogen and oxygen atoms in total. The van der Waals surface area contributed by atoms with E-state index in [0.717, 1.165) is 21.3 Å². The first-order valence-electron chi connectivity index (χ1n) is 6.26. The van der Waals surface area contributed by atoms with Crippen LogP contribution in [0.15, 0.2) is 23.6 Å². The van der Waals surface area contributed by atoms with Crippen LogP contribution in [0.25, 0.3) is 0 Å². The first-order valence-corrected chi connectivity index (χ1v) is 7.90. The van der Waals surface area contributed by atoms with E-state index in [-0.39, 0.29) is 6.04 Å². The summed E-state index contributed by atoms with van der Waals surface area (Å²) < 4.78 is 0.